The standard InChI is InChI=1S/C13H26N2.C12H23N.C11H20F2N2.C11H21FN2.C11H20N2O.C11H22N2.C10H17F2N.C10H18FN.C10H17NO.C10H19N/c1-5-14-9-7-13(8-10-14)11-15(6-2)12(13,3)4;1-4-13-9-7-12(8-10-13)6-5-11(12,2)3;1-3-14-6-5-10(11(12,13)9-14)7-15(4-2)8-10;1-3-13-6-5-11(10(12)7-13)8-14(4-2)9-11;1-3-12-7-5-11(6-8-12)9-13(4-2)10(11)14;1-3-12-7-5-11(6-8-12)9-13(4-2)10-11;1-2-13-7-6-9(4-3-5-9)10(11,12)8-13;1-2-12-7-6-10(4-3-5-10)9(11)8-12;1-2-11-7-5-10(6-8-11)4-3-9(10)12;1-2-11-8-6-10(7-9-11)4-3-5-10/h5-11H2,1-4H3;4-10H2,1-3H3;3-9H2,1-2H3;10H,3-9H2,1-2H3;3-9H2,1-2H3;3-10H2,1-2H3;2-8H2,1H3;9H,2-8H2,1H3;2-8H2,1H3;2-9H2,1H3. The van der Waals surface area contributed by atoms with Crippen LogP contribution in [0.15, 0.2) is 0 Å². The van der Waals surface area contributed by atoms with Crippen LogP contribution in [0.4, 0.5) is 26.3 Å². The third kappa shape index (κ3) is 24.8. The van der Waals surface area contributed by atoms with Crippen LogP contribution in [0.1, 0.15) is 318 Å². The van der Waals surface area contributed by atoms with Gasteiger partial charge in [0.25, 0.3) is 11.8 Å². The van der Waals surface area contributed by atoms with Crippen LogP contribution in [0.3, 0.4) is 0 Å². The minimum atomic E-state index is -2.49. The molecule has 5 saturated carbocycles. The average Bonchev–Trinajstić information content (AvgIpc) is 0.714. The van der Waals surface area contributed by atoms with Gasteiger partial charge < -0.3 is 58.8 Å². The SMILES string of the molecule is CCN1CCC2(CC1)CCC2(C)C.CCN1CCC2(CC1)CN(CC)C2.CCN1CCC2(CC1)CN(CC)C2(C)C.CCN1CCC2(CC1)CN(CC)C2=O.CCN1CCC2(CCC2)C(F)(F)C1.CCN1CCC2(CCC2)C(F)C1.CCN1CCC2(CCC2)CC1.CCN1CCC2(CCC2=O)CC1.CCN1CCC2(CN(CC)C2)C(F)(F)C1.CCN1CCC2(CN(CC)C2)C(F)C1. The van der Waals surface area contributed by atoms with Gasteiger partial charge in [0.1, 0.15) is 18.1 Å². The fourth-order valence-corrected chi connectivity index (χ4v) is 27.8. The first-order valence-corrected chi connectivity index (χ1v) is 55.9. The number of hydrogen-bond donors (Lipinski definition) is 0. The van der Waals surface area contributed by atoms with Crippen molar-refractivity contribution in [3.63, 3.8) is 0 Å². The van der Waals surface area contributed by atoms with E-state index < -0.39 is 35.0 Å². The third-order valence-corrected chi connectivity index (χ3v) is 41.1. The van der Waals surface area contributed by atoms with E-state index in [9.17, 15) is 35.9 Å². The second-order valence-corrected chi connectivity index (χ2v) is 47.6. The second kappa shape index (κ2) is 47.6. The Kier molecular flexibility index (Phi) is 39.8. The van der Waals surface area contributed by atoms with Crippen LogP contribution in [0, 0.1) is 59.6 Å². The summed E-state index contributed by atoms with van der Waals surface area (Å²) in [5.41, 5.74) is 3.11. The van der Waals surface area contributed by atoms with Gasteiger partial charge in [0.2, 0.25) is 5.91 Å². The van der Waals surface area contributed by atoms with Crippen LogP contribution in [-0.4, -0.2) is 396 Å². The summed E-state index contributed by atoms with van der Waals surface area (Å²) in [5.74, 6) is -3.97. The lowest BCUT2D eigenvalue weighted by Gasteiger charge is -2.66. The molecule has 15 heterocycles. The monoisotopic (exact) mass is 1870 g/mol. The van der Waals surface area contributed by atoms with E-state index in [0.717, 1.165) is 224 Å². The largest absolute Gasteiger partial charge is 0.341 e. The van der Waals surface area contributed by atoms with Crippen molar-refractivity contribution in [2.24, 2.45) is 59.6 Å². The van der Waals surface area contributed by atoms with Gasteiger partial charge in [0.05, 0.1) is 23.9 Å². The van der Waals surface area contributed by atoms with E-state index in [1.54, 1.807) is 0 Å². The molecular formula is C109H203F6N15O2. The van der Waals surface area contributed by atoms with Crippen LogP contribution in [0.2, 0.25) is 0 Å². The predicted octanol–water partition coefficient (Wildman–Crippen LogP) is 19.0. The molecular weight excluding hydrogens is 1670 g/mol. The molecule has 5 aliphatic carbocycles. The maximum absolute atomic E-state index is 14.0. The molecule has 1 amide bonds. The van der Waals surface area contributed by atoms with Crippen molar-refractivity contribution in [1.29, 1.82) is 0 Å². The Hall–Kier alpha value is -1.84. The summed E-state index contributed by atoms with van der Waals surface area (Å²) >= 11 is 0. The maximum atomic E-state index is 14.0. The number of amides is 1. The molecule has 0 N–H and O–H groups in total. The van der Waals surface area contributed by atoms with E-state index in [0.29, 0.717) is 67.1 Å². The zero-order valence-corrected chi connectivity index (χ0v) is 88.9. The fourth-order valence-electron chi connectivity index (χ4n) is 27.8. The Bertz CT molecular complexity index is 3380. The maximum Gasteiger partial charge on any atom is 0.268 e. The molecule has 0 aromatic carbocycles. The quantitative estimate of drug-likeness (QED) is 0.115. The predicted molar refractivity (Wildman–Crippen MR) is 538 cm³/mol. The number of Topliss-reactive ketones (excluding diaryl/α,β-unsaturated/α-hetero) is 1. The van der Waals surface area contributed by atoms with Crippen molar-refractivity contribution < 1.29 is 35.9 Å². The summed E-state index contributed by atoms with van der Waals surface area (Å²) < 4.78 is 83.0. The lowest BCUT2D eigenvalue weighted by atomic mass is 9.48. The first-order chi connectivity index (χ1) is 62.8. The Morgan fingerprint density at radius 2 is 0.598 bits per heavy atom. The van der Waals surface area contributed by atoms with Crippen molar-refractivity contribution in [2.75, 3.05) is 281 Å². The number of ketones is 1. The molecule has 2 unspecified atom stereocenters. The Balaban J connectivity index is 0.000000142. The zero-order valence-electron chi connectivity index (χ0n) is 88.9. The van der Waals surface area contributed by atoms with E-state index in [2.05, 4.69) is 170 Å². The molecule has 0 aromatic heterocycles. The highest BCUT2D eigenvalue weighted by Crippen LogP contribution is 2.63. The Labute approximate surface area is 805 Å². The molecule has 0 radical (unpaired) electrons. The van der Waals surface area contributed by atoms with E-state index in [-0.39, 0.29) is 34.7 Å². The fraction of sp³-hybridized carbons (Fsp3) is 0.982. The molecule has 2 atom stereocenters. The molecule has 0 aromatic rings. The zero-order chi connectivity index (χ0) is 95.9. The highest BCUT2D eigenvalue weighted by molar-refractivity contribution is 5.90. The normalized spacial score (nSPS) is 30.7. The number of carbonyl (C=O) groups is 2. The number of β-lactam (4-membered cyclic amide) rings is 1. The van der Waals surface area contributed by atoms with Gasteiger partial charge in [-0.15, -0.1) is 0 Å². The summed E-state index contributed by atoms with van der Waals surface area (Å²) in [4.78, 5) is 58.3. The summed E-state index contributed by atoms with van der Waals surface area (Å²) in [6.45, 7) is 87.1. The summed E-state index contributed by atoms with van der Waals surface area (Å²) in [6, 6.07) is 0. The van der Waals surface area contributed by atoms with Crippen LogP contribution in [-0.2, 0) is 9.59 Å². The summed E-state index contributed by atoms with van der Waals surface area (Å²) in [5, 5.41) is 0. The lowest BCUT2D eigenvalue weighted by molar-refractivity contribution is -0.223. The van der Waals surface area contributed by atoms with Crippen molar-refractivity contribution in [3.8, 4) is 0 Å². The molecule has 15 saturated heterocycles. The van der Waals surface area contributed by atoms with E-state index in [1.807, 2.05) is 35.5 Å². The minimum Gasteiger partial charge on any atom is -0.341 e. The van der Waals surface area contributed by atoms with Gasteiger partial charge in [0, 0.05) is 111 Å². The first kappa shape index (κ1) is 111. The number of carbonyl (C=O) groups excluding carboxylic acids is 2. The van der Waals surface area contributed by atoms with Crippen molar-refractivity contribution in [1.82, 2.24) is 73.5 Å². The molecule has 0 bridgehead atoms. The number of likely N-dealkylation sites (tertiary alicyclic amines) is 15. The third-order valence-electron chi connectivity index (χ3n) is 41.1. The summed E-state index contributed by atoms with van der Waals surface area (Å²) in [6.07, 6.45) is 33.9. The second-order valence-electron chi connectivity index (χ2n) is 47.6. The van der Waals surface area contributed by atoms with Crippen LogP contribution in [0.25, 0.3) is 0 Å². The molecule has 20 fully saturated rings. The number of alkyl halides is 6. The first-order valence-electron chi connectivity index (χ1n) is 55.9. The van der Waals surface area contributed by atoms with E-state index in [4.69, 9.17) is 0 Å². The van der Waals surface area contributed by atoms with E-state index >= 15 is 0 Å². The van der Waals surface area contributed by atoms with Gasteiger partial charge in [-0.05, 0) is 399 Å². The molecule has 20 aliphatic rings. The summed E-state index contributed by atoms with van der Waals surface area (Å²) in [7, 11) is 0. The lowest BCUT2D eigenvalue weighted by Crippen LogP contribution is -2.73. The molecule has 23 heteroatoms. The molecule has 768 valence electrons. The number of nitrogens with zero attached hydrogens (tertiary/aromatic N) is 15. The van der Waals surface area contributed by atoms with Crippen molar-refractivity contribution in [3.05, 3.63) is 0 Å². The topological polar surface area (TPSA) is 82.7 Å². The number of rotatable bonds is 15. The molecule has 10 spiro atoms. The van der Waals surface area contributed by atoms with Crippen molar-refractivity contribution >= 4 is 11.7 Å². The van der Waals surface area contributed by atoms with Gasteiger partial charge in [0.15, 0.2) is 0 Å². The van der Waals surface area contributed by atoms with Gasteiger partial charge in [-0.2, -0.15) is 0 Å². The smallest absolute Gasteiger partial charge is 0.268 e. The van der Waals surface area contributed by atoms with Gasteiger partial charge in [-0.1, -0.05) is 130 Å². The molecule has 17 nitrogen and oxygen atoms in total. The van der Waals surface area contributed by atoms with Gasteiger partial charge in [-0.25, -0.2) is 26.3 Å². The Morgan fingerprint density at radius 1 is 0.258 bits per heavy atom. The average molecular weight is 1870 g/mol. The molecule has 15 aliphatic heterocycles. The minimum absolute atomic E-state index is 0.0104. The van der Waals surface area contributed by atoms with Crippen LogP contribution >= 0.6 is 0 Å². The highest BCUT2D eigenvalue weighted by atomic mass is 19.3. The molecule has 132 heavy (non-hydrogen) atoms. The van der Waals surface area contributed by atoms with Crippen LogP contribution in [0.5, 0.6) is 0 Å². The molecule has 20 rings (SSSR count). The number of piperidine rings is 10. The Morgan fingerprint density at radius 3 is 0.902 bits per heavy atom. The number of halogens is 6. The van der Waals surface area contributed by atoms with Crippen LogP contribution < -0.4 is 0 Å². The van der Waals surface area contributed by atoms with Gasteiger partial charge >= 0.3 is 0 Å². The van der Waals surface area contributed by atoms with Gasteiger partial charge in [-0.3, -0.25) is 24.3 Å². The van der Waals surface area contributed by atoms with Crippen molar-refractivity contribution in [2.45, 2.75) is 347 Å². The highest BCUT2D eigenvalue weighted by Gasteiger charge is 2.64. The number of hydrogen-bond acceptors (Lipinski definition) is 16. The van der Waals surface area contributed by atoms with E-state index in [1.165, 1.54) is 208 Å².